The molecule has 1 fully saturated rings. The van der Waals surface area contributed by atoms with E-state index >= 15 is 0 Å². The third kappa shape index (κ3) is 4.32. The van der Waals surface area contributed by atoms with Gasteiger partial charge in [-0.25, -0.2) is 4.79 Å². The first kappa shape index (κ1) is 15.6. The lowest BCUT2D eigenvalue weighted by molar-refractivity contribution is 0.0194. The highest BCUT2D eigenvalue weighted by Gasteiger charge is 2.28. The number of ether oxygens (including phenoxy) is 2. The Balaban J connectivity index is 2.04. The van der Waals surface area contributed by atoms with Crippen LogP contribution in [0.15, 0.2) is 18.3 Å². The predicted molar refractivity (Wildman–Crippen MR) is 79.3 cm³/mol. The SMILES string of the molecule is COc1ccnc(C2CN(C(=O)OC(C)(C)C)CCN2)c1. The maximum absolute atomic E-state index is 12.1. The van der Waals surface area contributed by atoms with Crippen molar-refractivity contribution in [3.63, 3.8) is 0 Å². The van der Waals surface area contributed by atoms with Gasteiger partial charge >= 0.3 is 6.09 Å². The first-order valence-corrected chi connectivity index (χ1v) is 7.10. The van der Waals surface area contributed by atoms with E-state index in [1.165, 1.54) is 0 Å². The molecule has 1 aliphatic rings. The third-order valence-electron chi connectivity index (χ3n) is 3.17. The molecule has 0 aromatic carbocycles. The summed E-state index contributed by atoms with van der Waals surface area (Å²) < 4.78 is 10.6. The van der Waals surface area contributed by atoms with Crippen LogP contribution in [-0.4, -0.2) is 48.3 Å². The van der Waals surface area contributed by atoms with Gasteiger partial charge in [0.2, 0.25) is 0 Å². The van der Waals surface area contributed by atoms with Crippen LogP contribution in [0.2, 0.25) is 0 Å². The molecule has 1 saturated heterocycles. The van der Waals surface area contributed by atoms with Crippen molar-refractivity contribution in [3.8, 4) is 5.75 Å². The van der Waals surface area contributed by atoms with Crippen molar-refractivity contribution in [3.05, 3.63) is 24.0 Å². The first-order valence-electron chi connectivity index (χ1n) is 7.10. The number of hydrogen-bond acceptors (Lipinski definition) is 5. The lowest BCUT2D eigenvalue weighted by atomic mass is 10.1. The molecule has 0 bridgehead atoms. The van der Waals surface area contributed by atoms with Gasteiger partial charge in [-0.3, -0.25) is 4.98 Å². The predicted octanol–water partition coefficient (Wildman–Crippen LogP) is 1.97. The van der Waals surface area contributed by atoms with E-state index in [1.807, 2.05) is 26.8 Å². The van der Waals surface area contributed by atoms with Crippen molar-refractivity contribution in [1.82, 2.24) is 15.2 Å². The second-order valence-corrected chi connectivity index (χ2v) is 6.05. The molecule has 1 N–H and O–H groups in total. The van der Waals surface area contributed by atoms with E-state index in [2.05, 4.69) is 10.3 Å². The number of nitrogens with one attached hydrogen (secondary N) is 1. The molecule has 116 valence electrons. The van der Waals surface area contributed by atoms with E-state index in [1.54, 1.807) is 24.3 Å². The van der Waals surface area contributed by atoms with Gasteiger partial charge in [0.15, 0.2) is 0 Å². The zero-order valence-corrected chi connectivity index (χ0v) is 13.0. The summed E-state index contributed by atoms with van der Waals surface area (Å²) in [5.41, 5.74) is 0.383. The van der Waals surface area contributed by atoms with Crippen molar-refractivity contribution in [1.29, 1.82) is 0 Å². The number of aromatic nitrogens is 1. The summed E-state index contributed by atoms with van der Waals surface area (Å²) >= 11 is 0. The molecule has 0 aliphatic carbocycles. The molecule has 0 saturated carbocycles. The van der Waals surface area contributed by atoms with Gasteiger partial charge in [0.25, 0.3) is 0 Å². The molecule has 2 heterocycles. The maximum atomic E-state index is 12.1. The summed E-state index contributed by atoms with van der Waals surface area (Å²) in [6, 6.07) is 3.68. The standard InChI is InChI=1S/C15H23N3O3/c1-15(2,3)21-14(19)18-8-7-17-13(10-18)12-9-11(20-4)5-6-16-12/h5-6,9,13,17H,7-8,10H2,1-4H3. The van der Waals surface area contributed by atoms with Crippen LogP contribution >= 0.6 is 0 Å². The average molecular weight is 293 g/mol. The van der Waals surface area contributed by atoms with Crippen molar-refractivity contribution < 1.29 is 14.3 Å². The van der Waals surface area contributed by atoms with E-state index < -0.39 is 5.60 Å². The molecule has 0 spiro atoms. The van der Waals surface area contributed by atoms with E-state index in [9.17, 15) is 4.79 Å². The lowest BCUT2D eigenvalue weighted by Crippen LogP contribution is -2.49. The minimum atomic E-state index is -0.480. The fourth-order valence-corrected chi connectivity index (χ4v) is 2.19. The highest BCUT2D eigenvalue weighted by molar-refractivity contribution is 5.68. The Bertz CT molecular complexity index is 499. The van der Waals surface area contributed by atoms with Gasteiger partial charge in [0.1, 0.15) is 11.4 Å². The van der Waals surface area contributed by atoms with Gasteiger partial charge in [-0.05, 0) is 26.8 Å². The largest absolute Gasteiger partial charge is 0.497 e. The molecular weight excluding hydrogens is 270 g/mol. The van der Waals surface area contributed by atoms with Crippen LogP contribution in [0.4, 0.5) is 4.79 Å². The molecule has 0 radical (unpaired) electrons. The molecule has 21 heavy (non-hydrogen) atoms. The summed E-state index contributed by atoms with van der Waals surface area (Å²) in [7, 11) is 1.63. The number of rotatable bonds is 2. The fraction of sp³-hybridized carbons (Fsp3) is 0.600. The number of piperazine rings is 1. The third-order valence-corrected chi connectivity index (χ3v) is 3.17. The van der Waals surface area contributed by atoms with Crippen molar-refractivity contribution in [2.75, 3.05) is 26.7 Å². The number of carbonyl (C=O) groups is 1. The second kappa shape index (κ2) is 6.30. The zero-order chi connectivity index (χ0) is 15.5. The topological polar surface area (TPSA) is 63.7 Å². The molecule has 1 unspecified atom stereocenters. The molecule has 1 aliphatic heterocycles. The van der Waals surface area contributed by atoms with E-state index in [0.717, 1.165) is 11.4 Å². The smallest absolute Gasteiger partial charge is 0.410 e. The Morgan fingerprint density at radius 1 is 1.48 bits per heavy atom. The quantitative estimate of drug-likeness (QED) is 0.903. The number of nitrogens with zero attached hydrogens (tertiary/aromatic N) is 2. The van der Waals surface area contributed by atoms with E-state index in [4.69, 9.17) is 9.47 Å². The highest BCUT2D eigenvalue weighted by Crippen LogP contribution is 2.20. The molecule has 1 atom stereocenters. The lowest BCUT2D eigenvalue weighted by Gasteiger charge is -2.34. The molecule has 2 rings (SSSR count). The number of carbonyl (C=O) groups excluding carboxylic acids is 1. The molecule has 1 aromatic heterocycles. The first-order chi connectivity index (χ1) is 9.89. The Morgan fingerprint density at radius 3 is 2.90 bits per heavy atom. The van der Waals surface area contributed by atoms with Gasteiger partial charge in [0, 0.05) is 31.9 Å². The molecule has 1 aromatic rings. The van der Waals surface area contributed by atoms with Gasteiger partial charge in [-0.2, -0.15) is 0 Å². The second-order valence-electron chi connectivity index (χ2n) is 6.05. The molecule has 6 nitrogen and oxygen atoms in total. The Kier molecular flexibility index (Phi) is 4.67. The van der Waals surface area contributed by atoms with Crippen molar-refractivity contribution >= 4 is 6.09 Å². The number of hydrogen-bond donors (Lipinski definition) is 1. The minimum Gasteiger partial charge on any atom is -0.497 e. The normalized spacial score (nSPS) is 19.2. The van der Waals surface area contributed by atoms with Gasteiger partial charge in [-0.15, -0.1) is 0 Å². The Hall–Kier alpha value is -1.82. The number of pyridine rings is 1. The number of amides is 1. The summed E-state index contributed by atoms with van der Waals surface area (Å²) in [5, 5.41) is 3.37. The Morgan fingerprint density at radius 2 is 2.24 bits per heavy atom. The van der Waals surface area contributed by atoms with Crippen LogP contribution in [0.1, 0.15) is 32.5 Å². The van der Waals surface area contributed by atoms with Crippen LogP contribution in [0.25, 0.3) is 0 Å². The average Bonchev–Trinajstić information content (AvgIpc) is 2.46. The number of methoxy groups -OCH3 is 1. The fourth-order valence-electron chi connectivity index (χ4n) is 2.19. The summed E-state index contributed by atoms with van der Waals surface area (Å²) in [5.74, 6) is 0.760. The zero-order valence-electron chi connectivity index (χ0n) is 13.0. The summed E-state index contributed by atoms with van der Waals surface area (Å²) in [6.07, 6.45) is 1.43. The summed E-state index contributed by atoms with van der Waals surface area (Å²) in [6.45, 7) is 7.49. The maximum Gasteiger partial charge on any atom is 0.410 e. The van der Waals surface area contributed by atoms with Crippen molar-refractivity contribution in [2.45, 2.75) is 32.4 Å². The van der Waals surface area contributed by atoms with E-state index in [-0.39, 0.29) is 12.1 Å². The van der Waals surface area contributed by atoms with Crippen LogP contribution in [-0.2, 0) is 4.74 Å². The van der Waals surface area contributed by atoms with E-state index in [0.29, 0.717) is 19.6 Å². The Labute approximate surface area is 125 Å². The molecule has 6 heteroatoms. The van der Waals surface area contributed by atoms with Crippen LogP contribution in [0, 0.1) is 0 Å². The molecular formula is C15H23N3O3. The minimum absolute atomic E-state index is 0.0126. The van der Waals surface area contributed by atoms with Gasteiger partial charge < -0.3 is 19.7 Å². The van der Waals surface area contributed by atoms with Crippen LogP contribution in [0.5, 0.6) is 5.75 Å². The van der Waals surface area contributed by atoms with Crippen LogP contribution < -0.4 is 10.1 Å². The van der Waals surface area contributed by atoms with Gasteiger partial charge in [0.05, 0.1) is 18.8 Å². The highest BCUT2D eigenvalue weighted by atomic mass is 16.6. The van der Waals surface area contributed by atoms with Gasteiger partial charge in [-0.1, -0.05) is 0 Å². The monoisotopic (exact) mass is 293 g/mol. The molecule has 1 amide bonds. The van der Waals surface area contributed by atoms with Crippen LogP contribution in [0.3, 0.4) is 0 Å². The van der Waals surface area contributed by atoms with Crippen molar-refractivity contribution in [2.24, 2.45) is 0 Å². The summed E-state index contributed by atoms with van der Waals surface area (Å²) in [4.78, 5) is 18.2.